The van der Waals surface area contributed by atoms with E-state index in [9.17, 15) is 9.18 Å². The first kappa shape index (κ1) is 19.6. The number of thiazole rings is 1. The van der Waals surface area contributed by atoms with E-state index in [-0.39, 0.29) is 11.7 Å². The van der Waals surface area contributed by atoms with Crippen molar-refractivity contribution in [1.29, 1.82) is 0 Å². The molecule has 2 aromatic carbocycles. The predicted molar refractivity (Wildman–Crippen MR) is 117 cm³/mol. The molecule has 2 atom stereocenters. The average molecular weight is 425 g/mol. The lowest BCUT2D eigenvalue weighted by atomic mass is 9.98. The molecule has 2 fully saturated rings. The minimum atomic E-state index is -0.169. The standard InChI is InChI=1S/C24H26FN3OS/c25-20-8-2-1-6-17(20)14-28(19-11-12-19)16-23(29)27-13-5-7-18(15-27)24-26-21-9-3-4-10-22(21)30-24/h1-4,6,8-10,18-19H,5,7,11-16H2/p+1/t18-/m0/s1. The maximum atomic E-state index is 14.1. The van der Waals surface area contributed by atoms with Gasteiger partial charge in [0.05, 0.1) is 21.3 Å². The van der Waals surface area contributed by atoms with Gasteiger partial charge in [0.1, 0.15) is 12.4 Å². The molecule has 1 aliphatic carbocycles. The average Bonchev–Trinajstić information content (AvgIpc) is 3.53. The molecule has 4 nitrogen and oxygen atoms in total. The molecule has 156 valence electrons. The number of para-hydroxylation sites is 1. The number of fused-ring (bicyclic) bond motifs is 1. The Labute approximate surface area is 180 Å². The molecule has 2 heterocycles. The number of quaternary nitrogens is 1. The van der Waals surface area contributed by atoms with Gasteiger partial charge in [0.25, 0.3) is 5.91 Å². The monoisotopic (exact) mass is 424 g/mol. The molecule has 1 N–H and O–H groups in total. The van der Waals surface area contributed by atoms with E-state index in [1.54, 1.807) is 17.4 Å². The largest absolute Gasteiger partial charge is 0.337 e. The van der Waals surface area contributed by atoms with Gasteiger partial charge >= 0.3 is 0 Å². The number of nitrogens with zero attached hydrogens (tertiary/aromatic N) is 2. The summed E-state index contributed by atoms with van der Waals surface area (Å²) in [6.45, 7) is 2.60. The predicted octanol–water partition coefficient (Wildman–Crippen LogP) is 3.39. The van der Waals surface area contributed by atoms with Crippen molar-refractivity contribution in [2.45, 2.75) is 44.2 Å². The number of nitrogens with one attached hydrogen (secondary N) is 1. The Morgan fingerprint density at radius 1 is 1.13 bits per heavy atom. The van der Waals surface area contributed by atoms with Crippen LogP contribution in [0.2, 0.25) is 0 Å². The van der Waals surface area contributed by atoms with Gasteiger partial charge in [-0.1, -0.05) is 30.3 Å². The molecule has 0 radical (unpaired) electrons. The highest BCUT2D eigenvalue weighted by Crippen LogP contribution is 2.32. The van der Waals surface area contributed by atoms with Gasteiger partial charge in [0, 0.05) is 37.4 Å². The van der Waals surface area contributed by atoms with E-state index in [0.29, 0.717) is 30.6 Å². The second-order valence-corrected chi connectivity index (χ2v) is 9.64. The fourth-order valence-corrected chi connectivity index (χ4v) is 5.60. The van der Waals surface area contributed by atoms with Crippen LogP contribution in [0.25, 0.3) is 10.2 Å². The molecule has 1 aromatic heterocycles. The number of piperidine rings is 1. The summed E-state index contributed by atoms with van der Waals surface area (Å²) in [4.78, 5) is 21.2. The Morgan fingerprint density at radius 3 is 2.73 bits per heavy atom. The maximum Gasteiger partial charge on any atom is 0.277 e. The van der Waals surface area contributed by atoms with E-state index in [4.69, 9.17) is 4.98 Å². The highest BCUT2D eigenvalue weighted by atomic mass is 32.1. The Hall–Kier alpha value is -2.31. The molecule has 2 aliphatic rings. The number of benzene rings is 2. The Morgan fingerprint density at radius 2 is 1.93 bits per heavy atom. The third kappa shape index (κ3) is 4.25. The number of carbonyl (C=O) groups excluding carboxylic acids is 1. The van der Waals surface area contributed by atoms with Crippen molar-refractivity contribution < 1.29 is 14.1 Å². The summed E-state index contributed by atoms with van der Waals surface area (Å²) in [5.74, 6) is 0.340. The lowest BCUT2D eigenvalue weighted by Gasteiger charge is -2.32. The molecule has 0 bridgehead atoms. The van der Waals surface area contributed by atoms with Crippen molar-refractivity contribution >= 4 is 27.5 Å². The van der Waals surface area contributed by atoms with E-state index in [2.05, 4.69) is 12.1 Å². The molecular formula is C24H27FN3OS+. The van der Waals surface area contributed by atoms with E-state index >= 15 is 0 Å². The zero-order valence-corrected chi connectivity index (χ0v) is 17.8. The molecule has 1 amide bonds. The summed E-state index contributed by atoms with van der Waals surface area (Å²) < 4.78 is 15.4. The first-order chi connectivity index (χ1) is 14.7. The van der Waals surface area contributed by atoms with Gasteiger partial charge in [-0.25, -0.2) is 9.37 Å². The van der Waals surface area contributed by atoms with E-state index in [1.165, 1.54) is 15.7 Å². The van der Waals surface area contributed by atoms with Gasteiger partial charge in [0.15, 0.2) is 6.54 Å². The van der Waals surface area contributed by atoms with Crippen molar-refractivity contribution in [1.82, 2.24) is 9.88 Å². The summed E-state index contributed by atoms with van der Waals surface area (Å²) in [6, 6.07) is 15.7. The van der Waals surface area contributed by atoms with Crippen LogP contribution in [0.4, 0.5) is 4.39 Å². The summed E-state index contributed by atoms with van der Waals surface area (Å²) in [5, 5.41) is 1.14. The van der Waals surface area contributed by atoms with Crippen LogP contribution in [0, 0.1) is 5.82 Å². The Bertz CT molecular complexity index is 1010. The number of likely N-dealkylation sites (tertiary alicyclic amines) is 1. The number of aromatic nitrogens is 1. The van der Waals surface area contributed by atoms with Crippen LogP contribution < -0.4 is 4.90 Å². The van der Waals surface area contributed by atoms with Crippen LogP contribution in [0.15, 0.2) is 48.5 Å². The lowest BCUT2D eigenvalue weighted by Crippen LogP contribution is -3.13. The zero-order valence-electron chi connectivity index (χ0n) is 17.0. The molecule has 6 heteroatoms. The lowest BCUT2D eigenvalue weighted by molar-refractivity contribution is -0.917. The quantitative estimate of drug-likeness (QED) is 0.659. The number of hydrogen-bond acceptors (Lipinski definition) is 3. The number of amides is 1. The van der Waals surface area contributed by atoms with E-state index in [0.717, 1.165) is 49.3 Å². The van der Waals surface area contributed by atoms with Crippen molar-refractivity contribution in [2.75, 3.05) is 19.6 Å². The smallest absolute Gasteiger partial charge is 0.277 e. The third-order valence-corrected chi connectivity index (χ3v) is 7.54. The van der Waals surface area contributed by atoms with Crippen molar-refractivity contribution in [3.8, 4) is 0 Å². The van der Waals surface area contributed by atoms with Crippen molar-refractivity contribution in [2.24, 2.45) is 0 Å². The molecule has 1 saturated carbocycles. The first-order valence-electron chi connectivity index (χ1n) is 10.9. The van der Waals surface area contributed by atoms with Gasteiger partial charge in [-0.2, -0.15) is 0 Å². The molecule has 1 aliphatic heterocycles. The number of rotatable bonds is 6. The van der Waals surface area contributed by atoms with Gasteiger partial charge in [0.2, 0.25) is 0 Å². The Kier molecular flexibility index (Phi) is 5.52. The number of hydrogen-bond donors (Lipinski definition) is 1. The maximum absolute atomic E-state index is 14.1. The summed E-state index contributed by atoms with van der Waals surface area (Å²) in [6.07, 6.45) is 4.35. The third-order valence-electron chi connectivity index (χ3n) is 6.34. The van der Waals surface area contributed by atoms with Crippen LogP contribution in [-0.2, 0) is 11.3 Å². The normalized spacial score (nSPS) is 20.4. The fraction of sp³-hybridized carbons (Fsp3) is 0.417. The van der Waals surface area contributed by atoms with Gasteiger partial charge < -0.3 is 9.80 Å². The first-order valence-corrected chi connectivity index (χ1v) is 11.7. The minimum Gasteiger partial charge on any atom is -0.337 e. The molecule has 3 aromatic rings. The second-order valence-electron chi connectivity index (χ2n) is 8.58. The molecule has 0 spiro atoms. The SMILES string of the molecule is O=C(C[NH+](Cc1ccccc1F)C1CC1)N1CCC[C@H](c2nc3ccccc3s2)C1. The fourth-order valence-electron chi connectivity index (χ4n) is 4.51. The molecule has 1 unspecified atom stereocenters. The highest BCUT2D eigenvalue weighted by molar-refractivity contribution is 7.18. The second kappa shape index (κ2) is 8.44. The van der Waals surface area contributed by atoms with Gasteiger partial charge in [-0.05, 0) is 31.0 Å². The van der Waals surface area contributed by atoms with Crippen LogP contribution in [-0.4, -0.2) is 41.5 Å². The topological polar surface area (TPSA) is 37.6 Å². The highest BCUT2D eigenvalue weighted by Gasteiger charge is 2.37. The summed E-state index contributed by atoms with van der Waals surface area (Å²) in [7, 11) is 0. The van der Waals surface area contributed by atoms with Crippen LogP contribution in [0.1, 0.15) is 42.2 Å². The van der Waals surface area contributed by atoms with Gasteiger partial charge in [-0.15, -0.1) is 11.3 Å². The van der Waals surface area contributed by atoms with Crippen molar-refractivity contribution in [3.05, 3.63) is 64.9 Å². The van der Waals surface area contributed by atoms with E-state index < -0.39 is 0 Å². The van der Waals surface area contributed by atoms with E-state index in [1.807, 2.05) is 29.2 Å². The number of halogens is 1. The van der Waals surface area contributed by atoms with Gasteiger partial charge in [-0.3, -0.25) is 4.79 Å². The minimum absolute atomic E-state index is 0.169. The van der Waals surface area contributed by atoms with Crippen LogP contribution in [0.3, 0.4) is 0 Å². The Balaban J connectivity index is 1.26. The van der Waals surface area contributed by atoms with Crippen LogP contribution in [0.5, 0.6) is 0 Å². The number of carbonyl (C=O) groups is 1. The molecule has 1 saturated heterocycles. The van der Waals surface area contributed by atoms with Crippen molar-refractivity contribution in [3.63, 3.8) is 0 Å². The zero-order chi connectivity index (χ0) is 20.5. The molecule has 30 heavy (non-hydrogen) atoms. The molecular weight excluding hydrogens is 397 g/mol. The molecule has 5 rings (SSSR count). The summed E-state index contributed by atoms with van der Waals surface area (Å²) >= 11 is 1.75. The summed E-state index contributed by atoms with van der Waals surface area (Å²) in [5.41, 5.74) is 1.76. The van der Waals surface area contributed by atoms with Crippen LogP contribution >= 0.6 is 11.3 Å².